The van der Waals surface area contributed by atoms with Crippen molar-refractivity contribution in [2.24, 2.45) is 5.92 Å². The molecule has 0 unspecified atom stereocenters. The Hall–Kier alpha value is -2.22. The van der Waals surface area contributed by atoms with E-state index < -0.39 is 18.0 Å². The molecule has 0 aliphatic carbocycles. The Bertz CT molecular complexity index is 770. The molecule has 23 heavy (non-hydrogen) atoms. The van der Waals surface area contributed by atoms with Gasteiger partial charge in [-0.2, -0.15) is 0 Å². The Morgan fingerprint density at radius 1 is 1.26 bits per heavy atom. The fraction of sp³-hybridized carbons (Fsp3) is 0.467. The van der Waals surface area contributed by atoms with Crippen LogP contribution in [0.25, 0.3) is 10.2 Å². The summed E-state index contributed by atoms with van der Waals surface area (Å²) in [5.74, 6) is -0.585. The fourth-order valence-electron chi connectivity index (χ4n) is 2.30. The molecule has 0 fully saturated rings. The van der Waals surface area contributed by atoms with E-state index in [-0.39, 0.29) is 5.92 Å². The Balaban J connectivity index is 2.61. The number of nitrogens with one attached hydrogen (secondary N) is 1. The second-order valence-corrected chi connectivity index (χ2v) is 6.55. The number of aromatic nitrogens is 2. The molecular weight excluding hydrogens is 318 g/mol. The number of fused-ring (bicyclic) bond motifs is 1. The highest BCUT2D eigenvalue weighted by Crippen LogP contribution is 2.34. The van der Waals surface area contributed by atoms with Crippen LogP contribution in [0.15, 0.2) is 0 Å². The zero-order valence-corrected chi connectivity index (χ0v) is 14.4. The summed E-state index contributed by atoms with van der Waals surface area (Å²) < 4.78 is 4.78. The molecule has 2 rings (SSSR count). The van der Waals surface area contributed by atoms with Gasteiger partial charge in [0.2, 0.25) is 0 Å². The second-order valence-electron chi connectivity index (χ2n) is 5.55. The Morgan fingerprint density at radius 3 is 2.43 bits per heavy atom. The molecule has 2 aromatic rings. The van der Waals surface area contributed by atoms with E-state index in [9.17, 15) is 14.7 Å². The number of aryl methyl sites for hydroxylation is 2. The predicted molar refractivity (Wildman–Crippen MR) is 88.1 cm³/mol. The number of hydrogen-bond acceptors (Lipinski definition) is 7. The van der Waals surface area contributed by atoms with E-state index in [1.165, 1.54) is 18.4 Å². The van der Waals surface area contributed by atoms with Gasteiger partial charge in [0.1, 0.15) is 27.4 Å². The molecule has 2 aromatic heterocycles. The van der Waals surface area contributed by atoms with Gasteiger partial charge in [0, 0.05) is 0 Å². The number of thiophene rings is 1. The van der Waals surface area contributed by atoms with Gasteiger partial charge in [-0.3, -0.25) is 0 Å². The largest absolute Gasteiger partial charge is 0.480 e. The minimum atomic E-state index is -0.953. The lowest BCUT2D eigenvalue weighted by Crippen LogP contribution is -2.34. The molecule has 0 radical (unpaired) electrons. The number of hydrogen-bond donors (Lipinski definition) is 2. The van der Waals surface area contributed by atoms with Crippen molar-refractivity contribution in [1.29, 1.82) is 0 Å². The molecule has 0 spiro atoms. The summed E-state index contributed by atoms with van der Waals surface area (Å²) in [6.45, 7) is 7.14. The summed E-state index contributed by atoms with van der Waals surface area (Å²) in [6.07, 6.45) is 0. The van der Waals surface area contributed by atoms with Gasteiger partial charge in [0.15, 0.2) is 0 Å². The molecule has 0 saturated carbocycles. The van der Waals surface area contributed by atoms with Crippen LogP contribution < -0.4 is 5.32 Å². The number of ether oxygens (including phenoxy) is 1. The van der Waals surface area contributed by atoms with Crippen molar-refractivity contribution in [2.45, 2.75) is 33.7 Å². The SMILES string of the molecule is COC(=O)c1sc2nc(C)nc(N[C@@H](C(=O)O)C(C)C)c2c1C. The van der Waals surface area contributed by atoms with Crippen molar-refractivity contribution in [3.05, 3.63) is 16.3 Å². The van der Waals surface area contributed by atoms with Crippen LogP contribution in [0.3, 0.4) is 0 Å². The zero-order chi connectivity index (χ0) is 17.3. The number of rotatable bonds is 5. The Labute approximate surface area is 137 Å². The molecule has 0 saturated heterocycles. The number of carbonyl (C=O) groups is 2. The first-order chi connectivity index (χ1) is 10.8. The van der Waals surface area contributed by atoms with Crippen LogP contribution in [0.2, 0.25) is 0 Å². The van der Waals surface area contributed by atoms with Gasteiger partial charge in [-0.05, 0) is 25.3 Å². The third-order valence-corrected chi connectivity index (χ3v) is 4.66. The second kappa shape index (κ2) is 6.49. The first-order valence-electron chi connectivity index (χ1n) is 7.11. The maximum atomic E-state index is 11.9. The average molecular weight is 337 g/mol. The molecule has 0 aromatic carbocycles. The van der Waals surface area contributed by atoms with Gasteiger partial charge in [-0.25, -0.2) is 19.6 Å². The van der Waals surface area contributed by atoms with E-state index in [1.54, 1.807) is 13.8 Å². The molecule has 0 aliphatic rings. The van der Waals surface area contributed by atoms with Gasteiger partial charge in [-0.1, -0.05) is 13.8 Å². The van der Waals surface area contributed by atoms with Crippen LogP contribution in [-0.2, 0) is 9.53 Å². The quantitative estimate of drug-likeness (QED) is 0.809. The van der Waals surface area contributed by atoms with Crippen LogP contribution in [0.1, 0.15) is 34.9 Å². The minimum Gasteiger partial charge on any atom is -0.480 e. The highest BCUT2D eigenvalue weighted by Gasteiger charge is 2.25. The van der Waals surface area contributed by atoms with Crippen molar-refractivity contribution in [1.82, 2.24) is 9.97 Å². The number of aliphatic carboxylic acids is 1. The zero-order valence-electron chi connectivity index (χ0n) is 13.6. The lowest BCUT2D eigenvalue weighted by Gasteiger charge is -2.19. The number of nitrogens with zero attached hydrogens (tertiary/aromatic N) is 2. The minimum absolute atomic E-state index is 0.128. The van der Waals surface area contributed by atoms with E-state index in [1.807, 2.05) is 13.8 Å². The van der Waals surface area contributed by atoms with E-state index >= 15 is 0 Å². The van der Waals surface area contributed by atoms with Crippen LogP contribution in [0.4, 0.5) is 5.82 Å². The topological polar surface area (TPSA) is 101 Å². The third kappa shape index (κ3) is 3.26. The lowest BCUT2D eigenvalue weighted by molar-refractivity contribution is -0.138. The van der Waals surface area contributed by atoms with Gasteiger partial charge < -0.3 is 15.2 Å². The molecular formula is C15H19N3O4S. The molecule has 7 nitrogen and oxygen atoms in total. The van der Waals surface area contributed by atoms with Crippen LogP contribution in [0.5, 0.6) is 0 Å². The summed E-state index contributed by atoms with van der Waals surface area (Å²) in [5, 5.41) is 13.0. The molecule has 2 heterocycles. The summed E-state index contributed by atoms with van der Waals surface area (Å²) in [6, 6.07) is -0.784. The van der Waals surface area contributed by atoms with Gasteiger partial charge in [0.05, 0.1) is 12.5 Å². The van der Waals surface area contributed by atoms with Crippen molar-refractivity contribution < 1.29 is 19.4 Å². The smallest absolute Gasteiger partial charge is 0.348 e. The number of carbonyl (C=O) groups excluding carboxylic acids is 1. The normalized spacial score (nSPS) is 12.4. The van der Waals surface area contributed by atoms with Crippen molar-refractivity contribution >= 4 is 39.3 Å². The van der Waals surface area contributed by atoms with E-state index in [4.69, 9.17) is 4.74 Å². The van der Waals surface area contributed by atoms with E-state index in [2.05, 4.69) is 15.3 Å². The molecule has 8 heteroatoms. The predicted octanol–water partition coefficient (Wildman–Crippen LogP) is 2.62. The van der Waals surface area contributed by atoms with Crippen molar-refractivity contribution in [3.63, 3.8) is 0 Å². The number of carboxylic acid groups (broad SMARTS) is 1. The molecule has 124 valence electrons. The monoisotopic (exact) mass is 337 g/mol. The molecule has 0 aliphatic heterocycles. The highest BCUT2D eigenvalue weighted by atomic mass is 32.1. The van der Waals surface area contributed by atoms with Gasteiger partial charge in [0.25, 0.3) is 0 Å². The first-order valence-corrected chi connectivity index (χ1v) is 7.93. The van der Waals surface area contributed by atoms with E-state index in [0.29, 0.717) is 32.3 Å². The summed E-state index contributed by atoms with van der Waals surface area (Å²) >= 11 is 1.22. The Kier molecular flexibility index (Phi) is 4.84. The highest BCUT2D eigenvalue weighted by molar-refractivity contribution is 7.20. The average Bonchev–Trinajstić information content (AvgIpc) is 2.79. The molecule has 0 bridgehead atoms. The number of methoxy groups -OCH3 is 1. The maximum absolute atomic E-state index is 11.9. The van der Waals surface area contributed by atoms with Crippen LogP contribution in [0, 0.1) is 19.8 Å². The summed E-state index contributed by atoms with van der Waals surface area (Å²) in [5.41, 5.74) is 0.687. The molecule has 1 atom stereocenters. The fourth-order valence-corrected chi connectivity index (χ4v) is 3.44. The van der Waals surface area contributed by atoms with Crippen molar-refractivity contribution in [3.8, 4) is 0 Å². The summed E-state index contributed by atoms with van der Waals surface area (Å²) in [7, 11) is 1.32. The van der Waals surface area contributed by atoms with E-state index in [0.717, 1.165) is 0 Å². The molecule has 0 amide bonds. The summed E-state index contributed by atoms with van der Waals surface area (Å²) in [4.78, 5) is 33.1. The number of anilines is 1. The first kappa shape index (κ1) is 17.1. The number of carboxylic acids is 1. The van der Waals surface area contributed by atoms with Gasteiger partial charge >= 0.3 is 11.9 Å². The molecule has 2 N–H and O–H groups in total. The van der Waals surface area contributed by atoms with Crippen LogP contribution >= 0.6 is 11.3 Å². The van der Waals surface area contributed by atoms with Crippen molar-refractivity contribution in [2.75, 3.05) is 12.4 Å². The van der Waals surface area contributed by atoms with Crippen LogP contribution in [-0.4, -0.2) is 40.2 Å². The Morgan fingerprint density at radius 2 is 1.91 bits per heavy atom. The third-order valence-electron chi connectivity index (χ3n) is 3.50. The number of esters is 1. The lowest BCUT2D eigenvalue weighted by atomic mass is 10.0. The van der Waals surface area contributed by atoms with Gasteiger partial charge in [-0.15, -0.1) is 11.3 Å². The standard InChI is InChI=1S/C15H19N3O4S/c1-6(2)10(14(19)20)18-12-9-7(3)11(15(21)22-5)23-13(9)17-8(4)16-12/h6,10H,1-5H3,(H,19,20)(H,16,17,18)/t10-/m1/s1. The maximum Gasteiger partial charge on any atom is 0.348 e.